The van der Waals surface area contributed by atoms with Crippen LogP contribution in [0.5, 0.6) is 5.75 Å². The molecule has 2 rings (SSSR count). The number of ether oxygens (including phenoxy) is 1. The average Bonchev–Trinajstić information content (AvgIpc) is 2.49. The van der Waals surface area contributed by atoms with E-state index in [-0.39, 0.29) is 24.8 Å². The van der Waals surface area contributed by atoms with E-state index in [1.54, 1.807) is 7.11 Å². The van der Waals surface area contributed by atoms with Crippen molar-refractivity contribution in [3.63, 3.8) is 0 Å². The summed E-state index contributed by atoms with van der Waals surface area (Å²) in [5.74, 6) is 0.906. The smallest absolute Gasteiger partial charge is 0.133 e. The van der Waals surface area contributed by atoms with Gasteiger partial charge in [0.25, 0.3) is 0 Å². The van der Waals surface area contributed by atoms with Crippen molar-refractivity contribution in [2.24, 2.45) is 0 Å². The molecule has 1 N–H and O–H groups in total. The Hall–Kier alpha value is -0.000000000000000111. The summed E-state index contributed by atoms with van der Waals surface area (Å²) in [5.41, 5.74) is 1.40. The first-order chi connectivity index (χ1) is 9.76. The van der Waals surface area contributed by atoms with Gasteiger partial charge in [0.05, 0.1) is 11.6 Å². The topological polar surface area (TPSA) is 24.5 Å². The van der Waals surface area contributed by atoms with Crippen molar-refractivity contribution in [2.45, 2.75) is 32.2 Å². The van der Waals surface area contributed by atoms with E-state index >= 15 is 0 Å². The van der Waals surface area contributed by atoms with Crippen LogP contribution in [0.3, 0.4) is 0 Å². The van der Waals surface area contributed by atoms with Crippen molar-refractivity contribution in [2.75, 3.05) is 33.3 Å². The molecule has 1 atom stereocenters. The number of unbranched alkanes of at least 4 members (excludes halogenated alkanes) is 1. The Balaban J connectivity index is 0.00000220. The van der Waals surface area contributed by atoms with Crippen LogP contribution in [0.25, 0.3) is 0 Å². The second-order valence-electron chi connectivity index (χ2n) is 5.34. The maximum Gasteiger partial charge on any atom is 0.133 e. The summed E-state index contributed by atoms with van der Waals surface area (Å²) in [7, 11) is 1.71. The Bertz CT molecular complexity index is 429. The summed E-state index contributed by atoms with van der Waals surface area (Å²) in [6, 6.07) is 7.03. The highest BCUT2D eigenvalue weighted by molar-refractivity contribution is 9.10. The molecule has 1 heterocycles. The predicted octanol–water partition coefficient (Wildman–Crippen LogP) is 4.44. The zero-order chi connectivity index (χ0) is 14.4. The van der Waals surface area contributed by atoms with E-state index < -0.39 is 0 Å². The molecule has 0 spiro atoms. The Morgan fingerprint density at radius 2 is 1.95 bits per heavy atom. The fraction of sp³-hybridized carbons (Fsp3) is 0.625. The van der Waals surface area contributed by atoms with Gasteiger partial charge in [0.1, 0.15) is 5.75 Å². The van der Waals surface area contributed by atoms with E-state index in [2.05, 4.69) is 51.3 Å². The van der Waals surface area contributed by atoms with Crippen LogP contribution in [0, 0.1) is 0 Å². The average molecular weight is 414 g/mol. The van der Waals surface area contributed by atoms with Crippen molar-refractivity contribution in [3.05, 3.63) is 28.2 Å². The van der Waals surface area contributed by atoms with E-state index in [1.165, 1.54) is 24.8 Å². The summed E-state index contributed by atoms with van der Waals surface area (Å²) in [5, 5.41) is 3.44. The molecule has 0 aromatic heterocycles. The van der Waals surface area contributed by atoms with Crippen molar-refractivity contribution < 1.29 is 4.74 Å². The lowest BCUT2D eigenvalue weighted by Gasteiger charge is -2.35. The molecule has 0 bridgehead atoms. The van der Waals surface area contributed by atoms with Crippen LogP contribution in [-0.4, -0.2) is 38.2 Å². The van der Waals surface area contributed by atoms with Crippen molar-refractivity contribution >= 4 is 40.7 Å². The van der Waals surface area contributed by atoms with Gasteiger partial charge >= 0.3 is 0 Å². The van der Waals surface area contributed by atoms with Gasteiger partial charge in [-0.3, -0.25) is 4.90 Å². The summed E-state index contributed by atoms with van der Waals surface area (Å²) in [4.78, 5) is 2.61. The lowest BCUT2D eigenvalue weighted by atomic mass is 9.98. The lowest BCUT2D eigenvalue weighted by Crippen LogP contribution is -2.45. The van der Waals surface area contributed by atoms with Gasteiger partial charge < -0.3 is 10.1 Å². The van der Waals surface area contributed by atoms with Gasteiger partial charge in [-0.15, -0.1) is 24.8 Å². The zero-order valence-electron chi connectivity index (χ0n) is 13.3. The van der Waals surface area contributed by atoms with E-state index in [0.29, 0.717) is 6.04 Å². The molecule has 1 fully saturated rings. The molecule has 1 aliphatic heterocycles. The fourth-order valence-corrected chi connectivity index (χ4v) is 3.40. The molecule has 1 aromatic carbocycles. The first kappa shape index (κ1) is 22.0. The molecule has 0 unspecified atom stereocenters. The van der Waals surface area contributed by atoms with Gasteiger partial charge in [-0.05, 0) is 40.0 Å². The highest BCUT2D eigenvalue weighted by atomic mass is 79.9. The largest absolute Gasteiger partial charge is 0.496 e. The highest BCUT2D eigenvalue weighted by Gasteiger charge is 2.22. The van der Waals surface area contributed by atoms with E-state index in [0.717, 1.165) is 36.4 Å². The van der Waals surface area contributed by atoms with Gasteiger partial charge in [0, 0.05) is 32.2 Å². The number of hydrogen-bond donors (Lipinski definition) is 1. The second-order valence-corrected chi connectivity index (χ2v) is 6.19. The molecule has 6 heteroatoms. The number of piperazine rings is 1. The maximum atomic E-state index is 5.34. The van der Waals surface area contributed by atoms with Crippen molar-refractivity contribution in [3.8, 4) is 5.75 Å². The first-order valence-electron chi connectivity index (χ1n) is 7.54. The van der Waals surface area contributed by atoms with Crippen LogP contribution in [0.15, 0.2) is 22.7 Å². The Morgan fingerprint density at radius 1 is 1.27 bits per heavy atom. The number of rotatable bonds is 6. The molecule has 0 saturated carbocycles. The molecule has 0 radical (unpaired) electrons. The van der Waals surface area contributed by atoms with Crippen LogP contribution < -0.4 is 10.1 Å². The Kier molecular flexibility index (Phi) is 11.5. The minimum absolute atomic E-state index is 0. The number of methoxy groups -OCH3 is 1. The standard InChI is InChI=1S/C16H25BrN2O.2ClH/c1-3-4-5-15(19-10-8-18-9-11-19)13-6-7-16(20-2)14(17)12-13;;/h6-7,12,15,18H,3-5,8-11H2,1-2H3;2*1H/t15-;;/m1../s1. The molecule has 0 aliphatic carbocycles. The van der Waals surface area contributed by atoms with Crippen LogP contribution in [0.1, 0.15) is 37.8 Å². The third-order valence-electron chi connectivity index (χ3n) is 3.98. The third kappa shape index (κ3) is 5.89. The van der Waals surface area contributed by atoms with Gasteiger partial charge in [0.15, 0.2) is 0 Å². The van der Waals surface area contributed by atoms with Crippen LogP contribution in [-0.2, 0) is 0 Å². The number of hydrogen-bond acceptors (Lipinski definition) is 3. The minimum Gasteiger partial charge on any atom is -0.496 e. The van der Waals surface area contributed by atoms with Crippen molar-refractivity contribution in [1.82, 2.24) is 10.2 Å². The molecular formula is C16H27BrCl2N2O. The van der Waals surface area contributed by atoms with Gasteiger partial charge in [-0.25, -0.2) is 0 Å². The normalized spacial score (nSPS) is 16.3. The zero-order valence-corrected chi connectivity index (χ0v) is 16.5. The Labute approximate surface area is 155 Å². The van der Waals surface area contributed by atoms with Crippen LogP contribution in [0.4, 0.5) is 0 Å². The van der Waals surface area contributed by atoms with E-state index in [9.17, 15) is 0 Å². The third-order valence-corrected chi connectivity index (χ3v) is 4.60. The summed E-state index contributed by atoms with van der Waals surface area (Å²) < 4.78 is 6.39. The Morgan fingerprint density at radius 3 is 2.50 bits per heavy atom. The van der Waals surface area contributed by atoms with E-state index in [4.69, 9.17) is 4.74 Å². The molecular weight excluding hydrogens is 387 g/mol. The highest BCUT2D eigenvalue weighted by Crippen LogP contribution is 2.32. The molecule has 128 valence electrons. The number of nitrogens with zero attached hydrogens (tertiary/aromatic N) is 1. The van der Waals surface area contributed by atoms with Crippen LogP contribution in [0.2, 0.25) is 0 Å². The quantitative estimate of drug-likeness (QED) is 0.745. The molecule has 1 saturated heterocycles. The first-order valence-corrected chi connectivity index (χ1v) is 8.33. The summed E-state index contributed by atoms with van der Waals surface area (Å²) >= 11 is 3.61. The predicted molar refractivity (Wildman–Crippen MR) is 102 cm³/mol. The number of nitrogens with one attached hydrogen (secondary N) is 1. The number of benzene rings is 1. The minimum atomic E-state index is 0. The second kappa shape index (κ2) is 11.5. The molecule has 0 amide bonds. The van der Waals surface area contributed by atoms with Gasteiger partial charge in [-0.1, -0.05) is 25.8 Å². The van der Waals surface area contributed by atoms with Crippen LogP contribution >= 0.6 is 40.7 Å². The lowest BCUT2D eigenvalue weighted by molar-refractivity contribution is 0.163. The SMILES string of the molecule is CCCC[C@H](c1ccc(OC)c(Br)c1)N1CCNCC1.Cl.Cl. The summed E-state index contributed by atoms with van der Waals surface area (Å²) in [6.07, 6.45) is 3.76. The maximum absolute atomic E-state index is 5.34. The molecule has 1 aromatic rings. The van der Waals surface area contributed by atoms with Gasteiger partial charge in [-0.2, -0.15) is 0 Å². The van der Waals surface area contributed by atoms with Crippen molar-refractivity contribution in [1.29, 1.82) is 0 Å². The molecule has 22 heavy (non-hydrogen) atoms. The molecule has 1 aliphatic rings. The summed E-state index contributed by atoms with van der Waals surface area (Å²) in [6.45, 7) is 6.73. The number of halogens is 3. The monoisotopic (exact) mass is 412 g/mol. The molecule has 3 nitrogen and oxygen atoms in total. The van der Waals surface area contributed by atoms with Gasteiger partial charge in [0.2, 0.25) is 0 Å². The fourth-order valence-electron chi connectivity index (χ4n) is 2.84. The van der Waals surface area contributed by atoms with E-state index in [1.807, 2.05) is 0 Å².